The first-order valence-corrected chi connectivity index (χ1v) is 10.4. The molecular formula is C19H21N3O4S. The topological polar surface area (TPSA) is 89.4 Å². The van der Waals surface area contributed by atoms with Gasteiger partial charge in [0.25, 0.3) is 15.9 Å². The van der Waals surface area contributed by atoms with E-state index in [0.717, 1.165) is 19.3 Å². The van der Waals surface area contributed by atoms with Crippen molar-refractivity contribution >= 4 is 10.0 Å². The summed E-state index contributed by atoms with van der Waals surface area (Å²) in [5, 5.41) is 7.55. The van der Waals surface area contributed by atoms with Crippen molar-refractivity contribution in [3.05, 3.63) is 54.1 Å². The van der Waals surface area contributed by atoms with Crippen molar-refractivity contribution in [1.82, 2.24) is 14.5 Å². The highest BCUT2D eigenvalue weighted by Crippen LogP contribution is 2.29. The van der Waals surface area contributed by atoms with E-state index in [4.69, 9.17) is 8.83 Å². The molecule has 0 amide bonds. The molecule has 4 rings (SSSR count). The van der Waals surface area contributed by atoms with Gasteiger partial charge in [0, 0.05) is 26.1 Å². The molecule has 0 atom stereocenters. The molecule has 27 heavy (non-hydrogen) atoms. The molecule has 1 fully saturated rings. The number of sulfonamides is 1. The Bertz CT molecular complexity index is 1000. The monoisotopic (exact) mass is 387 g/mol. The Morgan fingerprint density at radius 2 is 1.89 bits per heavy atom. The first kappa shape index (κ1) is 17.9. The van der Waals surface area contributed by atoms with Gasteiger partial charge in [-0.1, -0.05) is 30.3 Å². The maximum Gasteiger partial charge on any atom is 0.276 e. The molecule has 7 nitrogen and oxygen atoms in total. The summed E-state index contributed by atoms with van der Waals surface area (Å²) in [6, 6.07) is 11.8. The molecule has 1 saturated heterocycles. The van der Waals surface area contributed by atoms with Crippen LogP contribution in [-0.2, 0) is 16.4 Å². The number of hydrogen-bond acceptors (Lipinski definition) is 6. The molecular weight excluding hydrogens is 366 g/mol. The first-order chi connectivity index (χ1) is 13.0. The number of rotatable bonds is 5. The molecule has 1 aliphatic heterocycles. The largest absolute Gasteiger partial charge is 0.451 e. The van der Waals surface area contributed by atoms with Gasteiger partial charge in [-0.2, -0.15) is 4.31 Å². The van der Waals surface area contributed by atoms with Gasteiger partial charge >= 0.3 is 0 Å². The fraction of sp³-hybridized carbons (Fsp3) is 0.368. The molecule has 0 aliphatic carbocycles. The summed E-state index contributed by atoms with van der Waals surface area (Å²) in [7, 11) is -3.66. The van der Waals surface area contributed by atoms with Gasteiger partial charge in [0.15, 0.2) is 0 Å². The van der Waals surface area contributed by atoms with Crippen molar-refractivity contribution in [2.24, 2.45) is 5.92 Å². The Morgan fingerprint density at radius 1 is 1.15 bits per heavy atom. The van der Waals surface area contributed by atoms with Crippen LogP contribution in [0, 0.1) is 12.8 Å². The van der Waals surface area contributed by atoms with E-state index in [0.29, 0.717) is 30.5 Å². The van der Waals surface area contributed by atoms with Crippen LogP contribution >= 0.6 is 0 Å². The highest BCUT2D eigenvalue weighted by Gasteiger charge is 2.32. The zero-order valence-corrected chi connectivity index (χ0v) is 15.9. The van der Waals surface area contributed by atoms with Crippen molar-refractivity contribution in [3.8, 4) is 11.5 Å². The summed E-state index contributed by atoms with van der Waals surface area (Å²) in [4.78, 5) is 0. The van der Waals surface area contributed by atoms with Crippen LogP contribution in [0.5, 0.6) is 0 Å². The number of piperidine rings is 1. The molecule has 0 radical (unpaired) electrons. The van der Waals surface area contributed by atoms with Gasteiger partial charge in [0.05, 0.1) is 5.56 Å². The first-order valence-electron chi connectivity index (χ1n) is 8.95. The molecule has 2 aromatic heterocycles. The second kappa shape index (κ2) is 7.28. The van der Waals surface area contributed by atoms with Gasteiger partial charge in [-0.25, -0.2) is 8.42 Å². The second-order valence-electron chi connectivity index (χ2n) is 6.82. The number of hydrogen-bond donors (Lipinski definition) is 0. The fourth-order valence-electron chi connectivity index (χ4n) is 3.41. The van der Waals surface area contributed by atoms with E-state index in [1.807, 2.05) is 18.2 Å². The van der Waals surface area contributed by atoms with Crippen LogP contribution in [-0.4, -0.2) is 36.0 Å². The van der Waals surface area contributed by atoms with E-state index < -0.39 is 10.0 Å². The van der Waals surface area contributed by atoms with Crippen LogP contribution in [0.2, 0.25) is 0 Å². The molecule has 142 valence electrons. The lowest BCUT2D eigenvalue weighted by atomic mass is 9.91. The number of benzene rings is 1. The molecule has 3 heterocycles. The quantitative estimate of drug-likeness (QED) is 0.667. The van der Waals surface area contributed by atoms with E-state index in [1.54, 1.807) is 6.92 Å². The summed E-state index contributed by atoms with van der Waals surface area (Å²) in [5.74, 6) is 1.16. The fourth-order valence-corrected chi connectivity index (χ4v) is 4.80. The smallest absolute Gasteiger partial charge is 0.276 e. The minimum atomic E-state index is -3.66. The van der Waals surface area contributed by atoms with Gasteiger partial charge in [-0.15, -0.1) is 10.2 Å². The maximum absolute atomic E-state index is 12.9. The maximum atomic E-state index is 12.9. The second-order valence-corrected chi connectivity index (χ2v) is 8.69. The number of nitrogens with zero attached hydrogens (tertiary/aromatic N) is 3. The Balaban J connectivity index is 1.42. The molecule has 0 N–H and O–H groups in total. The third-order valence-corrected chi connectivity index (χ3v) is 6.65. The minimum absolute atomic E-state index is 0.0881. The lowest BCUT2D eigenvalue weighted by molar-refractivity contribution is 0.267. The standard InChI is InChI=1S/C19H21N3O4S/c1-14-20-21-19(26-14)17-12-18(25-13-17)27(23,24)22-9-7-16(8-10-22)11-15-5-3-2-4-6-15/h2-6,12-13,16H,7-11H2,1H3. The predicted molar refractivity (Wildman–Crippen MR) is 98.4 cm³/mol. The zero-order valence-electron chi connectivity index (χ0n) is 15.0. The Labute approximate surface area is 158 Å². The highest BCUT2D eigenvalue weighted by molar-refractivity contribution is 7.89. The van der Waals surface area contributed by atoms with E-state index in [9.17, 15) is 8.42 Å². The van der Waals surface area contributed by atoms with Crippen LogP contribution in [0.3, 0.4) is 0 Å². The SMILES string of the molecule is Cc1nnc(-c2coc(S(=O)(=O)N3CCC(Cc4ccccc4)CC3)c2)o1. The zero-order chi connectivity index (χ0) is 18.9. The minimum Gasteiger partial charge on any atom is -0.451 e. The normalized spacial score (nSPS) is 16.6. The van der Waals surface area contributed by atoms with Gasteiger partial charge in [0.2, 0.25) is 11.0 Å². The molecule has 0 unspecified atom stereocenters. The average molecular weight is 387 g/mol. The summed E-state index contributed by atoms with van der Waals surface area (Å²) in [6.45, 7) is 2.67. The third kappa shape index (κ3) is 3.81. The van der Waals surface area contributed by atoms with E-state index >= 15 is 0 Å². The van der Waals surface area contributed by atoms with E-state index in [1.165, 1.54) is 22.2 Å². The lowest BCUT2D eigenvalue weighted by Crippen LogP contribution is -2.38. The van der Waals surface area contributed by atoms with Crippen molar-refractivity contribution in [3.63, 3.8) is 0 Å². The Morgan fingerprint density at radius 3 is 2.56 bits per heavy atom. The molecule has 0 bridgehead atoms. The van der Waals surface area contributed by atoms with Gasteiger partial charge in [0.1, 0.15) is 6.26 Å². The number of furan rings is 1. The summed E-state index contributed by atoms with van der Waals surface area (Å²) in [5.41, 5.74) is 1.76. The summed E-state index contributed by atoms with van der Waals surface area (Å²) < 4.78 is 37.9. The van der Waals surface area contributed by atoms with E-state index in [2.05, 4.69) is 22.3 Å². The van der Waals surface area contributed by atoms with Gasteiger partial charge < -0.3 is 8.83 Å². The van der Waals surface area contributed by atoms with Gasteiger partial charge in [-0.05, 0) is 30.7 Å². The van der Waals surface area contributed by atoms with Crippen LogP contribution in [0.1, 0.15) is 24.3 Å². The third-order valence-electron chi connectivity index (χ3n) is 4.88. The van der Waals surface area contributed by atoms with Crippen molar-refractivity contribution in [1.29, 1.82) is 0 Å². The average Bonchev–Trinajstić information content (AvgIpc) is 3.32. The summed E-state index contributed by atoms with van der Waals surface area (Å²) >= 11 is 0. The number of aryl methyl sites for hydroxylation is 1. The Kier molecular flexibility index (Phi) is 4.84. The Hall–Kier alpha value is -2.45. The number of aromatic nitrogens is 2. The predicted octanol–water partition coefficient (Wildman–Crippen LogP) is 3.28. The molecule has 0 spiro atoms. The van der Waals surface area contributed by atoms with Crippen molar-refractivity contribution in [2.45, 2.75) is 31.3 Å². The van der Waals surface area contributed by atoms with E-state index in [-0.39, 0.29) is 11.0 Å². The van der Waals surface area contributed by atoms with Crippen molar-refractivity contribution < 1.29 is 17.3 Å². The van der Waals surface area contributed by atoms with Crippen LogP contribution in [0.15, 0.2) is 56.6 Å². The highest BCUT2D eigenvalue weighted by atomic mass is 32.2. The lowest BCUT2D eigenvalue weighted by Gasteiger charge is -2.30. The molecule has 1 aliphatic rings. The van der Waals surface area contributed by atoms with Crippen molar-refractivity contribution in [2.75, 3.05) is 13.1 Å². The van der Waals surface area contributed by atoms with Crippen LogP contribution in [0.25, 0.3) is 11.5 Å². The molecule has 1 aromatic carbocycles. The molecule has 8 heteroatoms. The molecule has 3 aromatic rings. The van der Waals surface area contributed by atoms with Crippen LogP contribution in [0.4, 0.5) is 0 Å². The van der Waals surface area contributed by atoms with Gasteiger partial charge in [-0.3, -0.25) is 0 Å². The molecule has 0 saturated carbocycles. The summed E-state index contributed by atoms with van der Waals surface area (Å²) in [6.07, 6.45) is 3.99. The van der Waals surface area contributed by atoms with Crippen LogP contribution < -0.4 is 0 Å².